The van der Waals surface area contributed by atoms with E-state index in [4.69, 9.17) is 18.9 Å². The highest BCUT2D eigenvalue weighted by Crippen LogP contribution is 2.48. The molecule has 2 unspecified atom stereocenters. The Morgan fingerprint density at radius 2 is 1.66 bits per heavy atom. The molecule has 2 heterocycles. The summed E-state index contributed by atoms with van der Waals surface area (Å²) >= 11 is 0. The number of hydrogen-bond acceptors (Lipinski definition) is 7. The van der Waals surface area contributed by atoms with Crippen LogP contribution in [-0.2, 0) is 29.0 Å². The number of piperidine rings is 1. The SMILES string of the molecule is COC(=O)C1(S(=O)(=O)N2CCC(c3ccc(-c4cccc(OC)c4)c(C)c3)CC2)CC2OC(C)(C)OC2C1. The number of hydrogen-bond donors (Lipinski definition) is 0. The van der Waals surface area contributed by atoms with Gasteiger partial charge >= 0.3 is 5.97 Å². The number of aryl methyl sites for hydroxylation is 1. The molecule has 2 aromatic carbocycles. The van der Waals surface area contributed by atoms with E-state index in [1.54, 1.807) is 21.0 Å². The molecule has 0 bridgehead atoms. The van der Waals surface area contributed by atoms with E-state index in [2.05, 4.69) is 31.2 Å². The van der Waals surface area contributed by atoms with Crippen LogP contribution in [-0.4, -0.2) is 68.7 Å². The van der Waals surface area contributed by atoms with Crippen molar-refractivity contribution in [3.05, 3.63) is 53.6 Å². The fourth-order valence-electron chi connectivity index (χ4n) is 6.39. The van der Waals surface area contributed by atoms with Gasteiger partial charge in [0.25, 0.3) is 0 Å². The number of fused-ring (bicyclic) bond motifs is 1. The normalized spacial score (nSPS) is 27.7. The number of nitrogens with zero attached hydrogens (tertiary/aromatic N) is 1. The number of methoxy groups -OCH3 is 2. The molecule has 0 N–H and O–H groups in total. The second-order valence-corrected chi connectivity index (χ2v) is 13.3. The number of sulfonamides is 1. The first-order valence-electron chi connectivity index (χ1n) is 13.2. The molecule has 9 heteroatoms. The van der Waals surface area contributed by atoms with Crippen LogP contribution in [0.25, 0.3) is 11.1 Å². The van der Waals surface area contributed by atoms with Gasteiger partial charge in [-0.15, -0.1) is 0 Å². The van der Waals surface area contributed by atoms with Gasteiger partial charge in [0.2, 0.25) is 10.0 Å². The molecule has 0 radical (unpaired) electrons. The van der Waals surface area contributed by atoms with Crippen LogP contribution in [0.15, 0.2) is 42.5 Å². The summed E-state index contributed by atoms with van der Waals surface area (Å²) < 4.78 is 50.0. The number of carbonyl (C=O) groups is 1. The van der Waals surface area contributed by atoms with E-state index in [-0.39, 0.29) is 18.8 Å². The van der Waals surface area contributed by atoms with Crippen molar-refractivity contribution in [3.8, 4) is 16.9 Å². The van der Waals surface area contributed by atoms with E-state index in [1.807, 2.05) is 18.2 Å². The molecular formula is C29H37NO7S. The second kappa shape index (κ2) is 9.93. The quantitative estimate of drug-likeness (QED) is 0.499. The van der Waals surface area contributed by atoms with Gasteiger partial charge < -0.3 is 18.9 Å². The molecular weight excluding hydrogens is 506 g/mol. The third-order valence-corrected chi connectivity index (χ3v) is 10.8. The largest absolute Gasteiger partial charge is 0.497 e. The molecule has 2 aromatic rings. The highest BCUT2D eigenvalue weighted by Gasteiger charge is 2.65. The van der Waals surface area contributed by atoms with Crippen molar-refractivity contribution < 1.29 is 32.2 Å². The number of rotatable bonds is 6. The smallest absolute Gasteiger partial charge is 0.328 e. The van der Waals surface area contributed by atoms with Crippen molar-refractivity contribution >= 4 is 16.0 Å². The van der Waals surface area contributed by atoms with Gasteiger partial charge in [-0.3, -0.25) is 4.79 Å². The second-order valence-electron chi connectivity index (χ2n) is 11.1. The predicted molar refractivity (Wildman–Crippen MR) is 143 cm³/mol. The predicted octanol–water partition coefficient (Wildman–Crippen LogP) is 4.41. The fourth-order valence-corrected chi connectivity index (χ4v) is 8.62. The lowest BCUT2D eigenvalue weighted by Crippen LogP contribution is -2.55. The summed E-state index contributed by atoms with van der Waals surface area (Å²) in [7, 11) is -1.09. The summed E-state index contributed by atoms with van der Waals surface area (Å²) in [6, 6.07) is 14.5. The third-order valence-electron chi connectivity index (χ3n) is 8.29. The molecule has 0 spiro atoms. The van der Waals surface area contributed by atoms with Crippen LogP contribution in [0.1, 0.15) is 56.6 Å². The van der Waals surface area contributed by atoms with Crippen molar-refractivity contribution in [2.75, 3.05) is 27.3 Å². The van der Waals surface area contributed by atoms with Crippen LogP contribution in [0.3, 0.4) is 0 Å². The summed E-state index contributed by atoms with van der Waals surface area (Å²) in [5.74, 6) is -0.469. The lowest BCUT2D eigenvalue weighted by molar-refractivity contribution is -0.160. The third kappa shape index (κ3) is 4.63. The van der Waals surface area contributed by atoms with Gasteiger partial charge in [-0.25, -0.2) is 12.7 Å². The Morgan fingerprint density at radius 3 is 2.24 bits per heavy atom. The number of ether oxygens (including phenoxy) is 4. The Balaban J connectivity index is 1.31. The Bertz CT molecular complexity index is 1300. The standard InChI is InChI=1S/C29H37NO7S/c1-19-15-21(9-10-24(19)22-7-6-8-23(16-22)34-4)20-11-13-30(14-12-20)38(32,33)29(27(31)35-5)17-25-26(18-29)37-28(2,3)36-25/h6-10,15-16,20,25-26H,11-14,17-18H2,1-5H3. The Morgan fingerprint density at radius 1 is 1.00 bits per heavy atom. The minimum absolute atomic E-state index is 0.0426. The highest BCUT2D eigenvalue weighted by molar-refractivity contribution is 7.91. The summed E-state index contributed by atoms with van der Waals surface area (Å²) in [5, 5.41) is 0. The maximum atomic E-state index is 14.0. The molecule has 2 saturated heterocycles. The molecule has 1 aliphatic carbocycles. The monoisotopic (exact) mass is 543 g/mol. The van der Waals surface area contributed by atoms with E-state index in [0.29, 0.717) is 25.9 Å². The van der Waals surface area contributed by atoms with Gasteiger partial charge in [0.05, 0.1) is 26.4 Å². The van der Waals surface area contributed by atoms with Gasteiger partial charge in [-0.05, 0) is 73.9 Å². The van der Waals surface area contributed by atoms with Crippen molar-refractivity contribution in [2.45, 2.75) is 75.1 Å². The lowest BCUT2D eigenvalue weighted by atomic mass is 9.87. The van der Waals surface area contributed by atoms with E-state index in [9.17, 15) is 13.2 Å². The van der Waals surface area contributed by atoms with E-state index < -0.39 is 38.7 Å². The van der Waals surface area contributed by atoms with Gasteiger partial charge in [0, 0.05) is 25.9 Å². The summed E-state index contributed by atoms with van der Waals surface area (Å²) in [5.41, 5.74) is 4.61. The molecule has 0 amide bonds. The van der Waals surface area contributed by atoms with Gasteiger partial charge in [0.15, 0.2) is 10.5 Å². The van der Waals surface area contributed by atoms with Crippen LogP contribution in [0, 0.1) is 6.92 Å². The summed E-state index contributed by atoms with van der Waals surface area (Å²) in [6.45, 7) is 6.40. The topological polar surface area (TPSA) is 91.4 Å². The summed E-state index contributed by atoms with van der Waals surface area (Å²) in [6.07, 6.45) is 0.537. The van der Waals surface area contributed by atoms with Crippen molar-refractivity contribution in [3.63, 3.8) is 0 Å². The highest BCUT2D eigenvalue weighted by atomic mass is 32.2. The average Bonchev–Trinajstić information content (AvgIpc) is 3.39. The van der Waals surface area contributed by atoms with Crippen molar-refractivity contribution in [2.24, 2.45) is 0 Å². The zero-order valence-electron chi connectivity index (χ0n) is 22.7. The van der Waals surface area contributed by atoms with Crippen LogP contribution < -0.4 is 4.74 Å². The van der Waals surface area contributed by atoms with Crippen molar-refractivity contribution in [1.29, 1.82) is 0 Å². The lowest BCUT2D eigenvalue weighted by Gasteiger charge is -2.37. The van der Waals surface area contributed by atoms with E-state index in [1.165, 1.54) is 17.0 Å². The van der Waals surface area contributed by atoms with Gasteiger partial charge in [-0.2, -0.15) is 0 Å². The van der Waals surface area contributed by atoms with E-state index >= 15 is 0 Å². The Kier molecular flexibility index (Phi) is 7.09. The molecule has 1 saturated carbocycles. The van der Waals surface area contributed by atoms with Crippen LogP contribution in [0.4, 0.5) is 0 Å². The molecule has 8 nitrogen and oxygen atoms in total. The summed E-state index contributed by atoms with van der Waals surface area (Å²) in [4.78, 5) is 13.0. The van der Waals surface area contributed by atoms with Crippen molar-refractivity contribution in [1.82, 2.24) is 4.31 Å². The molecule has 3 aliphatic rings. The molecule has 5 rings (SSSR count). The molecule has 2 atom stereocenters. The minimum atomic E-state index is -3.99. The van der Waals surface area contributed by atoms with Crippen LogP contribution in [0.5, 0.6) is 5.75 Å². The fraction of sp³-hybridized carbons (Fsp3) is 0.552. The number of benzene rings is 2. The zero-order chi connectivity index (χ0) is 27.3. The minimum Gasteiger partial charge on any atom is -0.497 e. The zero-order valence-corrected chi connectivity index (χ0v) is 23.5. The van der Waals surface area contributed by atoms with Gasteiger partial charge in [-0.1, -0.05) is 30.3 Å². The molecule has 0 aromatic heterocycles. The average molecular weight is 544 g/mol. The van der Waals surface area contributed by atoms with Crippen LogP contribution >= 0.6 is 0 Å². The number of esters is 1. The molecule has 3 fully saturated rings. The maximum Gasteiger partial charge on any atom is 0.328 e. The molecule has 206 valence electrons. The van der Waals surface area contributed by atoms with Crippen LogP contribution in [0.2, 0.25) is 0 Å². The first kappa shape index (κ1) is 27.1. The first-order chi connectivity index (χ1) is 18.0. The van der Waals surface area contributed by atoms with E-state index in [0.717, 1.165) is 22.4 Å². The first-order valence-corrected chi connectivity index (χ1v) is 14.6. The molecule has 38 heavy (non-hydrogen) atoms. The molecule has 2 aliphatic heterocycles. The number of carbonyl (C=O) groups excluding carboxylic acids is 1. The maximum absolute atomic E-state index is 14.0. The Hall–Kier alpha value is -2.46. The Labute approximate surface area is 225 Å². The van der Waals surface area contributed by atoms with Gasteiger partial charge in [0.1, 0.15) is 5.75 Å².